The van der Waals surface area contributed by atoms with Gasteiger partial charge in [0.25, 0.3) is 0 Å². The van der Waals surface area contributed by atoms with Gasteiger partial charge in [-0.05, 0) is 55.0 Å². The van der Waals surface area contributed by atoms with Gasteiger partial charge in [0.05, 0.1) is 10.5 Å². The first-order valence-corrected chi connectivity index (χ1v) is 18.5. The van der Waals surface area contributed by atoms with Gasteiger partial charge >= 0.3 is 49.4 Å². The molecule has 0 fully saturated rings. The van der Waals surface area contributed by atoms with Crippen LogP contribution < -0.4 is 10.1 Å². The van der Waals surface area contributed by atoms with Crippen molar-refractivity contribution in [2.75, 3.05) is 5.32 Å². The monoisotopic (exact) mass is 698 g/mol. The van der Waals surface area contributed by atoms with Gasteiger partial charge in [0.2, 0.25) is 0 Å². The van der Waals surface area contributed by atoms with E-state index in [9.17, 15) is 4.39 Å². The fraction of sp³-hybridized carbons (Fsp3) is 0.0909. The Morgan fingerprint density at radius 1 is 1.06 bits per heavy atom. The fourth-order valence-electron chi connectivity index (χ4n) is 2.89. The number of fused-ring (bicyclic) bond motifs is 1. The summed E-state index contributed by atoms with van der Waals surface area (Å²) in [4.78, 5) is 8.64. The number of nitrogens with one attached hydrogen (secondary N) is 1. The molecule has 0 aliphatic carbocycles. The topological polar surface area (TPSA) is 47.0 Å². The van der Waals surface area contributed by atoms with Crippen LogP contribution in [-0.4, -0.2) is 9.97 Å². The van der Waals surface area contributed by atoms with Crippen molar-refractivity contribution in [3.05, 3.63) is 89.0 Å². The zero-order chi connectivity index (χ0) is 22.2. The van der Waals surface area contributed by atoms with E-state index in [1.165, 1.54) is 18.5 Å². The Kier molecular flexibility index (Phi) is 9.64. The van der Waals surface area contributed by atoms with Gasteiger partial charge in [0, 0.05) is 11.1 Å². The maximum atomic E-state index is 13.3. The summed E-state index contributed by atoms with van der Waals surface area (Å²) in [5.41, 5.74) is 3.51. The molecule has 0 aliphatic rings. The summed E-state index contributed by atoms with van der Waals surface area (Å²) in [6.45, 7) is 2.26. The predicted molar refractivity (Wildman–Crippen MR) is 138 cm³/mol. The predicted octanol–water partition coefficient (Wildman–Crippen LogP) is 7.82. The number of benzene rings is 3. The molecule has 3 aromatic carbocycles. The van der Waals surface area contributed by atoms with E-state index in [1.54, 1.807) is 24.3 Å². The maximum absolute atomic E-state index is 13.3. The molecule has 0 saturated heterocycles. The van der Waals surface area contributed by atoms with Crippen molar-refractivity contribution in [2.45, 2.75) is 13.5 Å². The van der Waals surface area contributed by atoms with Gasteiger partial charge < -0.3 is 10.1 Å². The van der Waals surface area contributed by atoms with Crippen molar-refractivity contribution in [3.8, 4) is 5.75 Å². The molecule has 0 unspecified atom stereocenters. The Morgan fingerprint density at radius 3 is 2.61 bits per heavy atom. The van der Waals surface area contributed by atoms with Crippen LogP contribution >= 0.6 is 51.6 Å². The van der Waals surface area contributed by atoms with E-state index in [4.69, 9.17) is 16.3 Å². The molecule has 0 aliphatic heterocycles. The molecule has 31 heavy (non-hydrogen) atoms. The summed E-state index contributed by atoms with van der Waals surface area (Å²) in [5.74, 6) is 0.942. The number of anilines is 2. The van der Waals surface area contributed by atoms with Gasteiger partial charge in [0.1, 0.15) is 30.3 Å². The first kappa shape index (κ1) is 24.5. The molecule has 1 N–H and O–H groups in total. The second-order valence-electron chi connectivity index (χ2n) is 6.50. The van der Waals surface area contributed by atoms with Crippen LogP contribution in [-0.2, 0) is 16.1 Å². The number of hydrogen-bond acceptors (Lipinski definition) is 4. The van der Waals surface area contributed by atoms with Crippen molar-refractivity contribution in [1.29, 1.82) is 0 Å². The number of aryl methyl sites for hydroxylation is 1. The molecule has 0 saturated carbocycles. The van der Waals surface area contributed by atoms with Gasteiger partial charge in [0.15, 0.2) is 0 Å². The molecule has 4 nitrogen and oxygen atoms in total. The molecule has 9 heteroatoms. The molecule has 1 aromatic heterocycles. The first-order chi connectivity index (χ1) is 15.0. The van der Waals surface area contributed by atoms with Crippen molar-refractivity contribution in [1.82, 2.24) is 9.97 Å². The average molecular weight is 699 g/mol. The quantitative estimate of drug-likeness (QED) is 0.216. The van der Waals surface area contributed by atoms with Gasteiger partial charge in [-0.3, -0.25) is 0 Å². The summed E-state index contributed by atoms with van der Waals surface area (Å²) in [6, 6.07) is 17.7. The Balaban J connectivity index is 0.000000858. The third kappa shape index (κ3) is 7.18. The van der Waals surface area contributed by atoms with Crippen LogP contribution in [0.2, 0.25) is 5.02 Å². The molecule has 0 bridgehead atoms. The SMILES string of the molecule is Cc1ccc2ncnc(Nc3ccc(OCc4cccc(F)c4)c(Cl)c3)c2c1.[I][V][I]. The number of ether oxygens (including phenoxy) is 1. The van der Waals surface area contributed by atoms with Crippen LogP contribution in [0.15, 0.2) is 67.0 Å². The van der Waals surface area contributed by atoms with Crippen LogP contribution in [0.5, 0.6) is 5.75 Å². The Labute approximate surface area is 214 Å². The molecule has 159 valence electrons. The van der Waals surface area contributed by atoms with E-state index in [-0.39, 0.29) is 12.4 Å². The molecule has 0 radical (unpaired) electrons. The van der Waals surface area contributed by atoms with E-state index in [2.05, 4.69) is 55.2 Å². The fourth-order valence-corrected chi connectivity index (χ4v) is 3.13. The third-order valence-corrected chi connectivity index (χ3v) is 4.56. The summed E-state index contributed by atoms with van der Waals surface area (Å²) in [5, 5.41) is 4.67. The van der Waals surface area contributed by atoms with Crippen molar-refractivity contribution in [2.24, 2.45) is 0 Å². The molecule has 4 rings (SSSR count). The third-order valence-electron chi connectivity index (χ3n) is 4.27. The zero-order valence-electron chi connectivity index (χ0n) is 16.3. The first-order valence-electron chi connectivity index (χ1n) is 9.07. The Hall–Kier alpha value is -1.14. The number of hydrogen-bond donors (Lipinski definition) is 1. The van der Waals surface area contributed by atoms with Crippen LogP contribution in [0.3, 0.4) is 0 Å². The van der Waals surface area contributed by atoms with E-state index in [0.29, 0.717) is 26.1 Å². The molecule has 0 spiro atoms. The summed E-state index contributed by atoms with van der Waals surface area (Å²) in [6.07, 6.45) is 1.53. The summed E-state index contributed by atoms with van der Waals surface area (Å²) >= 11 is 11.1. The second kappa shape index (κ2) is 12.2. The van der Waals surface area contributed by atoms with E-state index < -0.39 is 0 Å². The Bertz CT molecular complexity index is 1180. The van der Waals surface area contributed by atoms with Crippen molar-refractivity contribution >= 4 is 74.0 Å². The molecule has 4 aromatic rings. The number of rotatable bonds is 5. The van der Waals surface area contributed by atoms with E-state index >= 15 is 0 Å². The van der Waals surface area contributed by atoms with Crippen LogP contribution in [0, 0.1) is 12.7 Å². The van der Waals surface area contributed by atoms with Crippen LogP contribution in [0.1, 0.15) is 11.1 Å². The van der Waals surface area contributed by atoms with Gasteiger partial charge in [-0.25, -0.2) is 14.4 Å². The van der Waals surface area contributed by atoms with E-state index in [1.807, 2.05) is 31.2 Å². The molecule has 0 atom stereocenters. The second-order valence-corrected chi connectivity index (χ2v) is 18.7. The standard InChI is InChI=1S/C22H17ClFN3O.2HI.V/c1-14-5-7-20-18(9-14)22(26-13-25-20)27-17-6-8-21(19(23)11-17)28-12-15-3-2-4-16(24)10-15;;;/h2-11,13H,12H2,1H3,(H,25,26,27);2*1H;/q;;;+2/p-2. The van der Waals surface area contributed by atoms with Gasteiger partial charge in [-0.15, -0.1) is 0 Å². The van der Waals surface area contributed by atoms with Crippen LogP contribution in [0.4, 0.5) is 15.9 Å². The van der Waals surface area contributed by atoms with E-state index in [0.717, 1.165) is 27.7 Å². The molecule has 0 amide bonds. The summed E-state index contributed by atoms with van der Waals surface area (Å²) < 4.78 is 19.0. The molecular formula is C22H17ClFI2N3OV. The number of halogens is 4. The minimum atomic E-state index is -0.293. The van der Waals surface area contributed by atoms with Gasteiger partial charge in [-0.1, -0.05) is 35.4 Å². The number of aromatic nitrogens is 2. The molecule has 1 heterocycles. The van der Waals surface area contributed by atoms with Crippen LogP contribution in [0.25, 0.3) is 10.9 Å². The zero-order valence-corrected chi connectivity index (χ0v) is 22.8. The van der Waals surface area contributed by atoms with Crippen molar-refractivity contribution < 1.29 is 18.6 Å². The minimum absolute atomic E-state index is 0.236. The molecular weight excluding hydrogens is 681 g/mol. The number of nitrogens with zero attached hydrogens (tertiary/aromatic N) is 2. The average Bonchev–Trinajstić information content (AvgIpc) is 2.74. The normalized spacial score (nSPS) is 10.2. The Morgan fingerprint density at radius 2 is 1.87 bits per heavy atom. The summed E-state index contributed by atoms with van der Waals surface area (Å²) in [7, 11) is 0.628. The van der Waals surface area contributed by atoms with Gasteiger partial charge in [-0.2, -0.15) is 0 Å². The van der Waals surface area contributed by atoms with Crippen molar-refractivity contribution in [3.63, 3.8) is 0 Å².